The first-order chi connectivity index (χ1) is 5.65. The van der Waals surface area contributed by atoms with Crippen LogP contribution in [0.5, 0.6) is 0 Å². The Labute approximate surface area is 75.7 Å². The van der Waals surface area contributed by atoms with E-state index in [1.165, 1.54) is 23.1 Å². The maximum absolute atomic E-state index is 4.07. The summed E-state index contributed by atoms with van der Waals surface area (Å²) < 4.78 is 0. The van der Waals surface area contributed by atoms with Gasteiger partial charge in [0.05, 0.1) is 0 Å². The van der Waals surface area contributed by atoms with E-state index in [2.05, 4.69) is 39.5 Å². The highest BCUT2D eigenvalue weighted by atomic mass is 14.2. The maximum Gasteiger partial charge on any atom is -0.0218 e. The molecular formula is C12H18. The van der Waals surface area contributed by atoms with Crippen molar-refractivity contribution in [3.05, 3.63) is 35.5 Å². The average molecular weight is 162 g/mol. The number of rotatable bonds is 2. The Kier molecular flexibility index (Phi) is 2.91. The molecule has 12 heavy (non-hydrogen) atoms. The fourth-order valence-electron chi connectivity index (χ4n) is 1.54. The molecule has 0 N–H and O–H groups in total. The Hall–Kier alpha value is -0.780. The lowest BCUT2D eigenvalue weighted by atomic mass is 9.88. The van der Waals surface area contributed by atoms with Gasteiger partial charge in [0.15, 0.2) is 0 Å². The monoisotopic (exact) mass is 162 g/mol. The van der Waals surface area contributed by atoms with Crippen LogP contribution in [0.1, 0.15) is 33.6 Å². The minimum Gasteiger partial charge on any atom is -0.0952 e. The first kappa shape index (κ1) is 9.31. The summed E-state index contributed by atoms with van der Waals surface area (Å²) in [6.45, 7) is 10.7. The van der Waals surface area contributed by atoms with Crippen LogP contribution in [0, 0.1) is 5.92 Å². The molecule has 0 fully saturated rings. The zero-order chi connectivity index (χ0) is 9.14. The minimum absolute atomic E-state index is 0.687. The molecular weight excluding hydrogens is 144 g/mol. The fraction of sp³-hybridized carbons (Fsp3) is 0.500. The highest BCUT2D eigenvalue weighted by Gasteiger charge is 2.10. The van der Waals surface area contributed by atoms with Gasteiger partial charge in [-0.25, -0.2) is 0 Å². The van der Waals surface area contributed by atoms with Crippen molar-refractivity contribution in [2.45, 2.75) is 33.6 Å². The Balaban J connectivity index is 2.86. The summed E-state index contributed by atoms with van der Waals surface area (Å²) in [5.41, 5.74) is 4.06. The van der Waals surface area contributed by atoms with Crippen molar-refractivity contribution in [1.82, 2.24) is 0 Å². The predicted molar refractivity (Wildman–Crippen MR) is 55.1 cm³/mol. The van der Waals surface area contributed by atoms with Gasteiger partial charge in [0, 0.05) is 0 Å². The van der Waals surface area contributed by atoms with E-state index >= 15 is 0 Å². The van der Waals surface area contributed by atoms with Crippen LogP contribution >= 0.6 is 0 Å². The van der Waals surface area contributed by atoms with E-state index in [0.717, 1.165) is 6.42 Å². The van der Waals surface area contributed by atoms with Gasteiger partial charge in [-0.1, -0.05) is 32.6 Å². The third-order valence-corrected chi connectivity index (χ3v) is 2.48. The second-order valence-corrected chi connectivity index (χ2v) is 3.64. The summed E-state index contributed by atoms with van der Waals surface area (Å²) in [4.78, 5) is 0. The van der Waals surface area contributed by atoms with E-state index < -0.39 is 0 Å². The molecule has 0 aliphatic heterocycles. The van der Waals surface area contributed by atoms with Gasteiger partial charge in [0.2, 0.25) is 0 Å². The van der Waals surface area contributed by atoms with Crippen LogP contribution in [-0.4, -0.2) is 0 Å². The third kappa shape index (κ3) is 1.88. The molecule has 1 atom stereocenters. The molecule has 1 aliphatic rings. The van der Waals surface area contributed by atoms with Crippen LogP contribution in [0.2, 0.25) is 0 Å². The van der Waals surface area contributed by atoms with Gasteiger partial charge >= 0.3 is 0 Å². The van der Waals surface area contributed by atoms with Crippen molar-refractivity contribution in [3.8, 4) is 0 Å². The molecule has 0 heteroatoms. The van der Waals surface area contributed by atoms with E-state index in [-0.39, 0.29) is 0 Å². The molecule has 66 valence electrons. The van der Waals surface area contributed by atoms with Gasteiger partial charge in [-0.05, 0) is 42.4 Å². The van der Waals surface area contributed by atoms with Gasteiger partial charge in [0.1, 0.15) is 0 Å². The van der Waals surface area contributed by atoms with Crippen LogP contribution < -0.4 is 0 Å². The molecule has 0 heterocycles. The van der Waals surface area contributed by atoms with Crippen molar-refractivity contribution in [2.24, 2.45) is 5.92 Å². The Bertz CT molecular complexity index is 241. The summed E-state index contributed by atoms with van der Waals surface area (Å²) in [7, 11) is 0. The Morgan fingerprint density at radius 2 is 2.33 bits per heavy atom. The Morgan fingerprint density at radius 1 is 1.67 bits per heavy atom. The average Bonchev–Trinajstić information content (AvgIpc) is 2.08. The predicted octanol–water partition coefficient (Wildman–Crippen LogP) is 3.87. The van der Waals surface area contributed by atoms with Crippen LogP contribution in [0.3, 0.4) is 0 Å². The van der Waals surface area contributed by atoms with E-state index in [0.29, 0.717) is 5.92 Å². The van der Waals surface area contributed by atoms with Crippen LogP contribution in [0.15, 0.2) is 35.5 Å². The molecule has 0 aromatic rings. The zero-order valence-electron chi connectivity index (χ0n) is 8.35. The fourth-order valence-corrected chi connectivity index (χ4v) is 1.54. The lowest BCUT2D eigenvalue weighted by Gasteiger charge is -2.18. The topological polar surface area (TPSA) is 0 Å². The van der Waals surface area contributed by atoms with Gasteiger partial charge in [0.25, 0.3) is 0 Å². The Morgan fingerprint density at radius 3 is 2.92 bits per heavy atom. The summed E-state index contributed by atoms with van der Waals surface area (Å²) in [5, 5.41) is 0. The molecule has 0 amide bonds. The molecule has 0 saturated heterocycles. The van der Waals surface area contributed by atoms with E-state index in [9.17, 15) is 0 Å². The quantitative estimate of drug-likeness (QED) is 0.578. The van der Waals surface area contributed by atoms with Crippen LogP contribution in [0.4, 0.5) is 0 Å². The second-order valence-electron chi connectivity index (χ2n) is 3.64. The van der Waals surface area contributed by atoms with E-state index in [1.807, 2.05) is 0 Å². The SMILES string of the molecule is C=C(CC)C1=CC(C)CC=C1C. The molecule has 0 spiro atoms. The number of hydrogen-bond donors (Lipinski definition) is 0. The molecule has 1 rings (SSSR count). The van der Waals surface area contributed by atoms with Gasteiger partial charge < -0.3 is 0 Å². The summed E-state index contributed by atoms with van der Waals surface area (Å²) in [6, 6.07) is 0. The van der Waals surface area contributed by atoms with Crippen molar-refractivity contribution in [1.29, 1.82) is 0 Å². The van der Waals surface area contributed by atoms with Crippen molar-refractivity contribution < 1.29 is 0 Å². The number of allylic oxidation sites excluding steroid dienone is 5. The van der Waals surface area contributed by atoms with Gasteiger partial charge in [-0.15, -0.1) is 0 Å². The van der Waals surface area contributed by atoms with E-state index in [4.69, 9.17) is 0 Å². The standard InChI is InChI=1S/C12H18/c1-5-10(3)12-8-9(2)6-7-11(12)4/h7-9H,3,5-6H2,1-2,4H3. The lowest BCUT2D eigenvalue weighted by Crippen LogP contribution is -2.01. The zero-order valence-corrected chi connectivity index (χ0v) is 8.35. The smallest absolute Gasteiger partial charge is 0.0218 e. The molecule has 0 bridgehead atoms. The van der Waals surface area contributed by atoms with Crippen molar-refractivity contribution in [2.75, 3.05) is 0 Å². The highest BCUT2D eigenvalue weighted by molar-refractivity contribution is 5.46. The van der Waals surface area contributed by atoms with Crippen molar-refractivity contribution >= 4 is 0 Å². The lowest BCUT2D eigenvalue weighted by molar-refractivity contribution is 0.722. The molecule has 0 aromatic heterocycles. The summed E-state index contributed by atoms with van der Waals surface area (Å²) in [6.07, 6.45) is 6.91. The molecule has 0 radical (unpaired) electrons. The molecule has 0 aromatic carbocycles. The molecule has 0 saturated carbocycles. The maximum atomic E-state index is 4.07. The largest absolute Gasteiger partial charge is 0.0952 e. The number of hydrogen-bond acceptors (Lipinski definition) is 0. The van der Waals surface area contributed by atoms with Gasteiger partial charge in [-0.3, -0.25) is 0 Å². The first-order valence-electron chi connectivity index (χ1n) is 4.72. The normalized spacial score (nSPS) is 23.1. The summed E-state index contributed by atoms with van der Waals surface area (Å²) in [5.74, 6) is 0.687. The third-order valence-electron chi connectivity index (χ3n) is 2.48. The van der Waals surface area contributed by atoms with Crippen LogP contribution in [-0.2, 0) is 0 Å². The summed E-state index contributed by atoms with van der Waals surface area (Å²) >= 11 is 0. The van der Waals surface area contributed by atoms with E-state index in [1.54, 1.807) is 0 Å². The van der Waals surface area contributed by atoms with Crippen LogP contribution in [0.25, 0.3) is 0 Å². The molecule has 0 nitrogen and oxygen atoms in total. The highest BCUT2D eigenvalue weighted by Crippen LogP contribution is 2.28. The minimum atomic E-state index is 0.687. The molecule has 1 unspecified atom stereocenters. The van der Waals surface area contributed by atoms with Crippen molar-refractivity contribution in [3.63, 3.8) is 0 Å². The second kappa shape index (κ2) is 3.75. The van der Waals surface area contributed by atoms with Gasteiger partial charge in [-0.2, -0.15) is 0 Å². The molecule has 1 aliphatic carbocycles. The first-order valence-corrected chi connectivity index (χ1v) is 4.72.